The van der Waals surface area contributed by atoms with Crippen LogP contribution in [0.1, 0.15) is 40.0 Å². The Bertz CT molecular complexity index is 442. The van der Waals surface area contributed by atoms with Crippen molar-refractivity contribution in [3.8, 4) is 0 Å². The van der Waals surface area contributed by atoms with Crippen LogP contribution in [0.2, 0.25) is 0 Å². The van der Waals surface area contributed by atoms with Gasteiger partial charge in [-0.05, 0) is 26.2 Å². The molecule has 8 heteroatoms. The number of carbonyl (C=O) groups is 1. The molecule has 0 saturated carbocycles. The predicted molar refractivity (Wildman–Crippen MR) is 114 cm³/mol. The first-order valence-electron chi connectivity index (χ1n) is 9.63. The maximum absolute atomic E-state index is 12.1. The van der Waals surface area contributed by atoms with E-state index in [2.05, 4.69) is 15.6 Å². The zero-order valence-electron chi connectivity index (χ0n) is 16.3. The van der Waals surface area contributed by atoms with Gasteiger partial charge in [-0.1, -0.05) is 13.8 Å². The predicted octanol–water partition coefficient (Wildman–Crippen LogP) is 1.61. The highest BCUT2D eigenvalue weighted by Gasteiger charge is 2.27. The topological polar surface area (TPSA) is 75.2 Å². The molecule has 0 spiro atoms. The van der Waals surface area contributed by atoms with E-state index in [1.54, 1.807) is 0 Å². The lowest BCUT2D eigenvalue weighted by molar-refractivity contribution is -0.133. The zero-order valence-corrected chi connectivity index (χ0v) is 18.7. The third-order valence-corrected chi connectivity index (χ3v) is 4.51. The molecular weight excluding hydrogens is 447 g/mol. The van der Waals surface area contributed by atoms with E-state index in [0.717, 1.165) is 51.5 Å². The smallest absolute Gasteiger partial charge is 0.225 e. The average Bonchev–Trinajstić information content (AvgIpc) is 3.25. The Kier molecular flexibility index (Phi) is 11.5. The summed E-state index contributed by atoms with van der Waals surface area (Å²) in [6.45, 7) is 11.1. The van der Waals surface area contributed by atoms with Gasteiger partial charge in [0.15, 0.2) is 5.96 Å². The lowest BCUT2D eigenvalue weighted by atomic mass is 10.2. The number of likely N-dealkylation sites (tertiary alicyclic amines) is 1. The van der Waals surface area contributed by atoms with Crippen LogP contribution in [0.25, 0.3) is 0 Å². The van der Waals surface area contributed by atoms with Crippen LogP contribution in [0.5, 0.6) is 0 Å². The van der Waals surface area contributed by atoms with Crippen LogP contribution in [-0.4, -0.2) is 74.9 Å². The number of halogens is 1. The molecule has 152 valence electrons. The van der Waals surface area contributed by atoms with Gasteiger partial charge in [-0.3, -0.25) is 9.79 Å². The summed E-state index contributed by atoms with van der Waals surface area (Å²) in [6.07, 6.45) is 3.45. The first-order valence-corrected chi connectivity index (χ1v) is 9.63. The van der Waals surface area contributed by atoms with Gasteiger partial charge in [0.1, 0.15) is 0 Å². The molecule has 2 aliphatic heterocycles. The molecule has 0 aliphatic carbocycles. The molecular formula is C18H35IN4O3. The van der Waals surface area contributed by atoms with E-state index >= 15 is 0 Å². The quantitative estimate of drug-likeness (QED) is 0.238. The second-order valence-corrected chi connectivity index (χ2v) is 7.04. The fourth-order valence-corrected chi connectivity index (χ4v) is 3.17. The van der Waals surface area contributed by atoms with Crippen LogP contribution in [-0.2, 0) is 14.3 Å². The summed E-state index contributed by atoms with van der Waals surface area (Å²) in [6, 6.07) is 0.258. The second kappa shape index (κ2) is 12.7. The summed E-state index contributed by atoms with van der Waals surface area (Å²) in [5.74, 6) is 1.09. The summed E-state index contributed by atoms with van der Waals surface area (Å²) in [5, 5.41) is 6.70. The molecule has 2 fully saturated rings. The van der Waals surface area contributed by atoms with Crippen molar-refractivity contribution >= 4 is 35.8 Å². The Balaban J connectivity index is 0.00000338. The van der Waals surface area contributed by atoms with E-state index < -0.39 is 0 Å². The molecule has 0 radical (unpaired) electrons. The first kappa shape index (κ1) is 23.4. The molecule has 2 atom stereocenters. The van der Waals surface area contributed by atoms with Gasteiger partial charge in [-0.15, -0.1) is 24.0 Å². The Morgan fingerprint density at radius 1 is 1.38 bits per heavy atom. The van der Waals surface area contributed by atoms with Crippen molar-refractivity contribution in [1.82, 2.24) is 15.5 Å². The lowest BCUT2D eigenvalue weighted by Gasteiger charge is -2.20. The minimum Gasteiger partial charge on any atom is -0.377 e. The number of ether oxygens (including phenoxy) is 2. The van der Waals surface area contributed by atoms with E-state index in [1.807, 2.05) is 25.7 Å². The molecule has 0 aromatic carbocycles. The molecule has 2 unspecified atom stereocenters. The Hall–Kier alpha value is -0.610. The molecule has 0 bridgehead atoms. The number of hydrogen-bond donors (Lipinski definition) is 2. The van der Waals surface area contributed by atoms with E-state index in [4.69, 9.17) is 9.47 Å². The number of nitrogens with zero attached hydrogens (tertiary/aromatic N) is 2. The van der Waals surface area contributed by atoms with Crippen molar-refractivity contribution in [1.29, 1.82) is 0 Å². The summed E-state index contributed by atoms with van der Waals surface area (Å²) in [7, 11) is 0. The summed E-state index contributed by atoms with van der Waals surface area (Å²) >= 11 is 0. The summed E-state index contributed by atoms with van der Waals surface area (Å²) in [5.41, 5.74) is 0. The molecule has 1 amide bonds. The van der Waals surface area contributed by atoms with E-state index in [0.29, 0.717) is 19.8 Å². The van der Waals surface area contributed by atoms with Gasteiger partial charge in [-0.25, -0.2) is 0 Å². The Morgan fingerprint density at radius 2 is 2.19 bits per heavy atom. The first-order chi connectivity index (χ1) is 12.1. The van der Waals surface area contributed by atoms with Crippen LogP contribution in [0.4, 0.5) is 0 Å². The van der Waals surface area contributed by atoms with E-state index in [9.17, 15) is 4.79 Å². The summed E-state index contributed by atoms with van der Waals surface area (Å²) < 4.78 is 11.2. The standard InChI is InChI=1S/C18H34N4O3.HI/c1-4-19-18(20-8-11-24-13-16-6-5-10-25-16)21-15-7-9-22(12-15)17(23)14(2)3;/h14-16H,4-13H2,1-3H3,(H2,19,20,21);1H. The van der Waals surface area contributed by atoms with Crippen LogP contribution in [0, 0.1) is 5.92 Å². The van der Waals surface area contributed by atoms with Crippen molar-refractivity contribution < 1.29 is 14.3 Å². The largest absolute Gasteiger partial charge is 0.377 e. The van der Waals surface area contributed by atoms with Crippen molar-refractivity contribution in [2.75, 3.05) is 46.0 Å². The van der Waals surface area contributed by atoms with Crippen molar-refractivity contribution in [3.05, 3.63) is 0 Å². The van der Waals surface area contributed by atoms with Crippen molar-refractivity contribution in [3.63, 3.8) is 0 Å². The molecule has 2 heterocycles. The fourth-order valence-electron chi connectivity index (χ4n) is 3.17. The minimum atomic E-state index is 0. The minimum absolute atomic E-state index is 0. The van der Waals surface area contributed by atoms with Gasteiger partial charge in [0.05, 0.1) is 25.9 Å². The third-order valence-electron chi connectivity index (χ3n) is 4.51. The molecule has 0 aromatic rings. The second-order valence-electron chi connectivity index (χ2n) is 7.04. The molecule has 0 aromatic heterocycles. The molecule has 2 rings (SSSR count). The number of carbonyl (C=O) groups excluding carboxylic acids is 1. The highest BCUT2D eigenvalue weighted by Crippen LogP contribution is 2.13. The SMILES string of the molecule is CCNC(=NCCOCC1CCCO1)NC1CCN(C(=O)C(C)C)C1.I. The van der Waals surface area contributed by atoms with Gasteiger partial charge in [0.2, 0.25) is 5.91 Å². The number of rotatable bonds is 8. The monoisotopic (exact) mass is 482 g/mol. The maximum Gasteiger partial charge on any atom is 0.225 e. The third kappa shape index (κ3) is 7.96. The normalized spacial score (nSPS) is 23.2. The van der Waals surface area contributed by atoms with Crippen molar-refractivity contribution in [2.24, 2.45) is 10.9 Å². The van der Waals surface area contributed by atoms with Crippen LogP contribution in [0.3, 0.4) is 0 Å². The number of hydrogen-bond acceptors (Lipinski definition) is 4. The van der Waals surface area contributed by atoms with Gasteiger partial charge < -0.3 is 25.0 Å². The number of nitrogens with one attached hydrogen (secondary N) is 2. The fraction of sp³-hybridized carbons (Fsp3) is 0.889. The highest BCUT2D eigenvalue weighted by atomic mass is 127. The van der Waals surface area contributed by atoms with Gasteiger partial charge in [-0.2, -0.15) is 0 Å². The highest BCUT2D eigenvalue weighted by molar-refractivity contribution is 14.0. The van der Waals surface area contributed by atoms with Crippen LogP contribution < -0.4 is 10.6 Å². The van der Waals surface area contributed by atoms with Crippen molar-refractivity contribution in [2.45, 2.75) is 52.2 Å². The zero-order chi connectivity index (χ0) is 18.1. The average molecular weight is 482 g/mol. The molecule has 2 saturated heterocycles. The maximum atomic E-state index is 12.1. The molecule has 26 heavy (non-hydrogen) atoms. The molecule has 2 N–H and O–H groups in total. The molecule has 2 aliphatic rings. The number of amides is 1. The molecule has 7 nitrogen and oxygen atoms in total. The van der Waals surface area contributed by atoms with Crippen LogP contribution >= 0.6 is 24.0 Å². The number of aliphatic imine (C=N–C) groups is 1. The van der Waals surface area contributed by atoms with Gasteiger partial charge >= 0.3 is 0 Å². The lowest BCUT2D eigenvalue weighted by Crippen LogP contribution is -2.45. The van der Waals surface area contributed by atoms with E-state index in [-0.39, 0.29) is 47.9 Å². The Morgan fingerprint density at radius 3 is 2.85 bits per heavy atom. The Labute approximate surface area is 174 Å². The number of guanidine groups is 1. The van der Waals surface area contributed by atoms with E-state index in [1.165, 1.54) is 0 Å². The van der Waals surface area contributed by atoms with Crippen LogP contribution in [0.15, 0.2) is 4.99 Å². The summed E-state index contributed by atoms with van der Waals surface area (Å²) in [4.78, 5) is 18.6. The van der Waals surface area contributed by atoms with Gasteiger partial charge in [0, 0.05) is 38.2 Å². The van der Waals surface area contributed by atoms with Gasteiger partial charge in [0.25, 0.3) is 0 Å².